The van der Waals surface area contributed by atoms with Gasteiger partial charge in [0.25, 0.3) is 11.5 Å². The quantitative estimate of drug-likeness (QED) is 0.419. The summed E-state index contributed by atoms with van der Waals surface area (Å²) in [5, 5.41) is 12.3. The van der Waals surface area contributed by atoms with Crippen molar-refractivity contribution in [3.8, 4) is 22.5 Å². The molecule has 0 spiro atoms. The number of pyridine rings is 1. The number of nitrogens with one attached hydrogen (secondary N) is 1. The molecule has 8 nitrogen and oxygen atoms in total. The topological polar surface area (TPSA) is 90.5 Å². The van der Waals surface area contributed by atoms with E-state index in [1.807, 2.05) is 51.1 Å². The molecule has 8 heteroatoms. The van der Waals surface area contributed by atoms with Gasteiger partial charge in [0, 0.05) is 36.5 Å². The summed E-state index contributed by atoms with van der Waals surface area (Å²) < 4.78 is 8.49. The smallest absolute Gasteiger partial charge is 0.267 e. The third-order valence-corrected chi connectivity index (χ3v) is 5.25. The Balaban J connectivity index is 1.86. The second-order valence-electron chi connectivity index (χ2n) is 7.88. The van der Waals surface area contributed by atoms with Gasteiger partial charge in [0.2, 0.25) is 0 Å². The first-order valence-electron chi connectivity index (χ1n) is 11.0. The number of fused-ring (bicyclic) bond motifs is 1. The minimum absolute atomic E-state index is 0.0915. The third kappa shape index (κ3) is 4.70. The number of aromatic nitrogens is 4. The molecule has 0 bridgehead atoms. The van der Waals surface area contributed by atoms with Crippen molar-refractivity contribution in [2.45, 2.75) is 26.8 Å². The average molecular weight is 446 g/mol. The third-order valence-electron chi connectivity index (χ3n) is 5.25. The fourth-order valence-corrected chi connectivity index (χ4v) is 3.65. The molecule has 3 heterocycles. The predicted octanol–water partition coefficient (Wildman–Crippen LogP) is 3.57. The Labute approximate surface area is 191 Å². The van der Waals surface area contributed by atoms with Gasteiger partial charge in [-0.3, -0.25) is 9.59 Å². The van der Waals surface area contributed by atoms with Gasteiger partial charge < -0.3 is 10.1 Å². The van der Waals surface area contributed by atoms with Gasteiger partial charge in [-0.1, -0.05) is 30.3 Å². The van der Waals surface area contributed by atoms with E-state index in [0.717, 1.165) is 22.3 Å². The van der Waals surface area contributed by atoms with E-state index in [9.17, 15) is 9.59 Å². The Morgan fingerprint density at radius 1 is 1.09 bits per heavy atom. The first kappa shape index (κ1) is 22.4. The molecule has 0 aliphatic carbocycles. The highest BCUT2D eigenvalue weighted by Gasteiger charge is 2.20. The first-order chi connectivity index (χ1) is 16.0. The monoisotopic (exact) mass is 445 g/mol. The number of hydrogen-bond acceptors (Lipinski definition) is 5. The fraction of sp³-hybridized carbons (Fsp3) is 0.280. The predicted molar refractivity (Wildman–Crippen MR) is 127 cm³/mol. The number of rotatable bonds is 8. The molecular formula is C25H27N5O3. The van der Waals surface area contributed by atoms with Crippen molar-refractivity contribution in [3.05, 3.63) is 76.7 Å². The van der Waals surface area contributed by atoms with Crippen molar-refractivity contribution in [3.63, 3.8) is 0 Å². The molecule has 4 rings (SSSR count). The molecule has 0 unspecified atom stereocenters. The van der Waals surface area contributed by atoms with Crippen LogP contribution in [0.3, 0.4) is 0 Å². The molecule has 0 aliphatic rings. The minimum Gasteiger partial charge on any atom is -0.380 e. The number of amides is 1. The molecule has 0 aliphatic heterocycles. The van der Waals surface area contributed by atoms with Crippen LogP contribution < -0.4 is 10.9 Å². The lowest BCUT2D eigenvalue weighted by Gasteiger charge is -2.11. The largest absolute Gasteiger partial charge is 0.380 e. The average Bonchev–Trinajstić information content (AvgIpc) is 3.21. The molecule has 1 aromatic carbocycles. The Bertz CT molecular complexity index is 1330. The number of carbonyl (C=O) groups excluding carboxylic acids is 1. The Hall–Kier alpha value is -3.78. The summed E-state index contributed by atoms with van der Waals surface area (Å²) in [6, 6.07) is 16.5. The van der Waals surface area contributed by atoms with Crippen molar-refractivity contribution in [2.75, 3.05) is 19.8 Å². The molecule has 170 valence electrons. The molecule has 0 fully saturated rings. The molecule has 33 heavy (non-hydrogen) atoms. The van der Waals surface area contributed by atoms with Crippen molar-refractivity contribution < 1.29 is 9.53 Å². The van der Waals surface area contributed by atoms with Crippen LogP contribution in [0.4, 0.5) is 0 Å². The van der Waals surface area contributed by atoms with Gasteiger partial charge in [-0.05, 0) is 39.0 Å². The van der Waals surface area contributed by atoms with E-state index in [4.69, 9.17) is 9.84 Å². The number of carbonyl (C=O) groups is 1. The minimum atomic E-state index is -0.189. The normalized spacial score (nSPS) is 11.3. The zero-order valence-electron chi connectivity index (χ0n) is 19.0. The lowest BCUT2D eigenvalue weighted by Crippen LogP contribution is -2.27. The second-order valence-corrected chi connectivity index (χ2v) is 7.88. The van der Waals surface area contributed by atoms with Crippen LogP contribution in [0.5, 0.6) is 0 Å². The highest BCUT2D eigenvalue weighted by Crippen LogP contribution is 2.34. The standard InChI is InChI=1S/C25H27N5O3/c1-4-33-15-13-26-25(32)19-12-14-29-21(16-19)23(24(28-29)18-8-6-5-7-9-18)20-10-11-22(31)30(27-20)17(2)3/h5-12,14,16-17H,4,13,15H2,1-3H3,(H,26,32). The molecule has 1 N–H and O–H groups in total. The maximum atomic E-state index is 12.7. The van der Waals surface area contributed by atoms with Crippen molar-refractivity contribution in [1.29, 1.82) is 0 Å². The molecule has 0 radical (unpaired) electrons. The molecule has 1 amide bonds. The highest BCUT2D eigenvalue weighted by atomic mass is 16.5. The Morgan fingerprint density at radius 3 is 2.61 bits per heavy atom. The van der Waals surface area contributed by atoms with Gasteiger partial charge in [0.15, 0.2) is 0 Å². The van der Waals surface area contributed by atoms with E-state index in [0.29, 0.717) is 31.0 Å². The summed E-state index contributed by atoms with van der Waals surface area (Å²) in [5.41, 5.74) is 4.10. The Kier molecular flexibility index (Phi) is 6.65. The molecule has 4 aromatic rings. The van der Waals surface area contributed by atoms with Crippen LogP contribution in [0.2, 0.25) is 0 Å². The van der Waals surface area contributed by atoms with E-state index in [-0.39, 0.29) is 17.5 Å². The highest BCUT2D eigenvalue weighted by molar-refractivity contribution is 5.98. The van der Waals surface area contributed by atoms with Crippen LogP contribution >= 0.6 is 0 Å². The lowest BCUT2D eigenvalue weighted by molar-refractivity contribution is 0.0922. The summed E-state index contributed by atoms with van der Waals surface area (Å²) in [5.74, 6) is -0.189. The van der Waals surface area contributed by atoms with Crippen LogP contribution in [0.1, 0.15) is 37.2 Å². The van der Waals surface area contributed by atoms with Crippen LogP contribution in [0.25, 0.3) is 28.0 Å². The van der Waals surface area contributed by atoms with Gasteiger partial charge in [-0.15, -0.1) is 0 Å². The lowest BCUT2D eigenvalue weighted by atomic mass is 10.0. The number of hydrogen-bond donors (Lipinski definition) is 1. The summed E-state index contributed by atoms with van der Waals surface area (Å²) in [7, 11) is 0. The van der Waals surface area contributed by atoms with Gasteiger partial charge in [-0.2, -0.15) is 10.2 Å². The zero-order valence-corrected chi connectivity index (χ0v) is 19.0. The van der Waals surface area contributed by atoms with Crippen LogP contribution in [0, 0.1) is 0 Å². The second kappa shape index (κ2) is 9.79. The van der Waals surface area contributed by atoms with Gasteiger partial charge in [0.1, 0.15) is 5.69 Å². The summed E-state index contributed by atoms with van der Waals surface area (Å²) in [6.07, 6.45) is 1.77. The number of benzene rings is 1. The molecule has 0 saturated heterocycles. The molecule has 0 saturated carbocycles. The van der Waals surface area contributed by atoms with Crippen molar-refractivity contribution in [2.24, 2.45) is 0 Å². The van der Waals surface area contributed by atoms with Gasteiger partial charge in [-0.25, -0.2) is 9.20 Å². The van der Waals surface area contributed by atoms with Crippen LogP contribution in [-0.4, -0.2) is 45.1 Å². The van der Waals surface area contributed by atoms with Crippen molar-refractivity contribution >= 4 is 11.4 Å². The van der Waals surface area contributed by atoms with E-state index in [2.05, 4.69) is 10.4 Å². The summed E-state index contributed by atoms with van der Waals surface area (Å²) >= 11 is 0. The fourth-order valence-electron chi connectivity index (χ4n) is 3.65. The van der Waals surface area contributed by atoms with E-state index in [1.54, 1.807) is 28.9 Å². The number of nitrogens with zero attached hydrogens (tertiary/aromatic N) is 4. The van der Waals surface area contributed by atoms with Crippen molar-refractivity contribution in [1.82, 2.24) is 24.7 Å². The first-order valence-corrected chi connectivity index (χ1v) is 11.0. The van der Waals surface area contributed by atoms with E-state index < -0.39 is 0 Å². The van der Waals surface area contributed by atoms with Gasteiger partial charge in [0.05, 0.1) is 29.4 Å². The molecular weight excluding hydrogens is 418 g/mol. The summed E-state index contributed by atoms with van der Waals surface area (Å²) in [6.45, 7) is 7.24. The van der Waals surface area contributed by atoms with Crippen LogP contribution in [-0.2, 0) is 4.74 Å². The SMILES string of the molecule is CCOCCNC(=O)c1ccn2nc(-c3ccccc3)c(-c3ccc(=O)n(C(C)C)n3)c2c1. The zero-order chi connectivity index (χ0) is 23.4. The van der Waals surface area contributed by atoms with Crippen LogP contribution in [0.15, 0.2) is 65.6 Å². The summed E-state index contributed by atoms with van der Waals surface area (Å²) in [4.78, 5) is 25.0. The maximum Gasteiger partial charge on any atom is 0.267 e. The maximum absolute atomic E-state index is 12.7. The molecule has 0 atom stereocenters. The van der Waals surface area contributed by atoms with E-state index >= 15 is 0 Å². The van der Waals surface area contributed by atoms with Gasteiger partial charge >= 0.3 is 0 Å². The Morgan fingerprint density at radius 2 is 1.88 bits per heavy atom. The van der Waals surface area contributed by atoms with E-state index in [1.165, 1.54) is 10.7 Å². The molecule has 3 aromatic heterocycles. The number of ether oxygens (including phenoxy) is 1.